The van der Waals surface area contributed by atoms with E-state index in [0.29, 0.717) is 18.1 Å². The van der Waals surface area contributed by atoms with E-state index in [1.165, 1.54) is 20.0 Å². The third kappa shape index (κ3) is 2.55. The third-order valence-electron chi connectivity index (χ3n) is 3.91. The summed E-state index contributed by atoms with van der Waals surface area (Å²) in [6.07, 6.45) is 3.56. The molecule has 2 unspecified atom stereocenters. The van der Waals surface area contributed by atoms with Gasteiger partial charge >= 0.3 is 6.03 Å². The van der Waals surface area contributed by atoms with Crippen LogP contribution in [0.2, 0.25) is 0 Å². The van der Waals surface area contributed by atoms with Gasteiger partial charge in [0.25, 0.3) is 0 Å². The zero-order valence-corrected chi connectivity index (χ0v) is 11.0. The topological polar surface area (TPSA) is 44.8 Å². The van der Waals surface area contributed by atoms with Crippen molar-refractivity contribution in [1.82, 2.24) is 15.3 Å². The minimum atomic E-state index is -0.108. The molecule has 5 nitrogen and oxygen atoms in total. The van der Waals surface area contributed by atoms with E-state index in [-0.39, 0.29) is 6.03 Å². The predicted molar refractivity (Wildman–Crippen MR) is 65.5 cm³/mol. The quantitative estimate of drug-likeness (QED) is 0.739. The van der Waals surface area contributed by atoms with Gasteiger partial charge in [0.05, 0.1) is 7.11 Å². The summed E-state index contributed by atoms with van der Waals surface area (Å²) < 4.78 is 0. The molecule has 98 valence electrons. The summed E-state index contributed by atoms with van der Waals surface area (Å²) in [6.45, 7) is 6.15. The number of hydrogen-bond acceptors (Lipinski definition) is 3. The number of carbonyl (C=O) groups is 1. The first-order valence-corrected chi connectivity index (χ1v) is 6.48. The van der Waals surface area contributed by atoms with Crippen LogP contribution in [0.15, 0.2) is 0 Å². The Morgan fingerprint density at radius 3 is 2.65 bits per heavy atom. The number of nitrogens with zero attached hydrogens (tertiary/aromatic N) is 2. The molecule has 1 N–H and O–H groups in total. The normalized spacial score (nSPS) is 29.5. The average molecular weight is 241 g/mol. The highest BCUT2D eigenvalue weighted by Crippen LogP contribution is 2.31. The van der Waals surface area contributed by atoms with Crippen LogP contribution in [0.3, 0.4) is 0 Å². The van der Waals surface area contributed by atoms with Crippen molar-refractivity contribution in [3.63, 3.8) is 0 Å². The highest BCUT2D eigenvalue weighted by Gasteiger charge is 2.39. The number of carbonyl (C=O) groups excluding carboxylic acids is 1. The summed E-state index contributed by atoms with van der Waals surface area (Å²) in [7, 11) is 1.47. The summed E-state index contributed by atoms with van der Waals surface area (Å²) in [4.78, 5) is 20.9. The SMILES string of the molecule is CONC(=O)N1CCC2CCC(C1)N2C(C)C. The van der Waals surface area contributed by atoms with E-state index >= 15 is 0 Å². The number of hydrogen-bond donors (Lipinski definition) is 1. The lowest BCUT2D eigenvalue weighted by atomic mass is 10.1. The largest absolute Gasteiger partial charge is 0.341 e. The summed E-state index contributed by atoms with van der Waals surface area (Å²) in [5, 5.41) is 0. The number of likely N-dealkylation sites (tertiary alicyclic amines) is 1. The van der Waals surface area contributed by atoms with Crippen LogP contribution in [0.4, 0.5) is 4.79 Å². The Hall–Kier alpha value is -0.810. The molecular formula is C12H23N3O2. The van der Waals surface area contributed by atoms with Crippen molar-refractivity contribution in [2.24, 2.45) is 0 Å². The molecule has 0 aromatic heterocycles. The van der Waals surface area contributed by atoms with Gasteiger partial charge in [0.2, 0.25) is 0 Å². The molecule has 0 saturated carbocycles. The molecule has 2 saturated heterocycles. The Morgan fingerprint density at radius 2 is 2.00 bits per heavy atom. The molecule has 2 rings (SSSR count). The van der Waals surface area contributed by atoms with Crippen molar-refractivity contribution in [3.8, 4) is 0 Å². The van der Waals surface area contributed by atoms with Crippen LogP contribution in [0.5, 0.6) is 0 Å². The zero-order chi connectivity index (χ0) is 12.4. The maximum atomic E-state index is 11.8. The van der Waals surface area contributed by atoms with Crippen LogP contribution in [-0.2, 0) is 4.84 Å². The number of hydroxylamine groups is 1. The van der Waals surface area contributed by atoms with Crippen molar-refractivity contribution < 1.29 is 9.63 Å². The summed E-state index contributed by atoms with van der Waals surface area (Å²) in [6, 6.07) is 1.63. The van der Waals surface area contributed by atoms with Gasteiger partial charge in [-0.3, -0.25) is 9.74 Å². The number of nitrogens with one attached hydrogen (secondary N) is 1. The Labute approximate surface area is 103 Å². The molecule has 0 spiro atoms. The first-order valence-electron chi connectivity index (χ1n) is 6.48. The van der Waals surface area contributed by atoms with Crippen LogP contribution in [0.1, 0.15) is 33.1 Å². The molecule has 2 aliphatic rings. The number of urea groups is 1. The predicted octanol–water partition coefficient (Wildman–Crippen LogP) is 1.20. The number of amides is 2. The van der Waals surface area contributed by atoms with E-state index in [2.05, 4.69) is 24.2 Å². The van der Waals surface area contributed by atoms with Crippen molar-refractivity contribution in [1.29, 1.82) is 0 Å². The van der Waals surface area contributed by atoms with Crippen LogP contribution in [0, 0.1) is 0 Å². The number of fused-ring (bicyclic) bond motifs is 2. The lowest BCUT2D eigenvalue weighted by molar-refractivity contribution is 0.0833. The van der Waals surface area contributed by atoms with Gasteiger partial charge in [0.15, 0.2) is 0 Å². The van der Waals surface area contributed by atoms with Gasteiger partial charge in [-0.25, -0.2) is 10.3 Å². The van der Waals surface area contributed by atoms with Crippen LogP contribution >= 0.6 is 0 Å². The standard InChI is InChI=1S/C12H23N3O2/c1-9(2)15-10-4-5-11(15)8-14(7-6-10)12(16)13-17-3/h9-11H,4-8H2,1-3H3,(H,13,16). The molecule has 2 bridgehead atoms. The molecule has 0 radical (unpaired) electrons. The van der Waals surface area contributed by atoms with Crippen molar-refractivity contribution in [3.05, 3.63) is 0 Å². The fraction of sp³-hybridized carbons (Fsp3) is 0.917. The van der Waals surface area contributed by atoms with Gasteiger partial charge < -0.3 is 4.90 Å². The van der Waals surface area contributed by atoms with Gasteiger partial charge in [0, 0.05) is 31.2 Å². The molecule has 17 heavy (non-hydrogen) atoms. The Bertz CT molecular complexity index is 283. The highest BCUT2D eigenvalue weighted by molar-refractivity contribution is 5.73. The highest BCUT2D eigenvalue weighted by atomic mass is 16.6. The van der Waals surface area contributed by atoms with Crippen LogP contribution in [-0.4, -0.2) is 54.2 Å². The average Bonchev–Trinajstić information content (AvgIpc) is 2.53. The van der Waals surface area contributed by atoms with Gasteiger partial charge in [0.1, 0.15) is 0 Å². The molecule has 5 heteroatoms. The molecule has 2 atom stereocenters. The van der Waals surface area contributed by atoms with Crippen molar-refractivity contribution in [2.75, 3.05) is 20.2 Å². The smallest absolute Gasteiger partial charge is 0.321 e. The molecule has 0 aromatic carbocycles. The minimum Gasteiger partial charge on any atom is -0.321 e. The fourth-order valence-electron chi connectivity index (χ4n) is 3.29. The van der Waals surface area contributed by atoms with E-state index in [0.717, 1.165) is 19.5 Å². The zero-order valence-electron chi connectivity index (χ0n) is 11.0. The second-order valence-corrected chi connectivity index (χ2v) is 5.27. The molecule has 2 heterocycles. The van der Waals surface area contributed by atoms with Gasteiger partial charge in [-0.1, -0.05) is 0 Å². The summed E-state index contributed by atoms with van der Waals surface area (Å²) in [5.41, 5.74) is 2.42. The minimum absolute atomic E-state index is 0.108. The number of rotatable bonds is 2. The Morgan fingerprint density at radius 1 is 1.29 bits per heavy atom. The Balaban J connectivity index is 2.02. The molecule has 0 aliphatic carbocycles. The van der Waals surface area contributed by atoms with E-state index in [1.807, 2.05) is 4.90 Å². The second-order valence-electron chi connectivity index (χ2n) is 5.27. The van der Waals surface area contributed by atoms with Crippen LogP contribution in [0.25, 0.3) is 0 Å². The van der Waals surface area contributed by atoms with E-state index in [9.17, 15) is 4.79 Å². The lowest BCUT2D eigenvalue weighted by Crippen LogP contribution is -2.46. The fourth-order valence-corrected chi connectivity index (χ4v) is 3.29. The van der Waals surface area contributed by atoms with Gasteiger partial charge in [-0.2, -0.15) is 0 Å². The van der Waals surface area contributed by atoms with E-state index in [4.69, 9.17) is 4.84 Å². The molecule has 2 fully saturated rings. The van der Waals surface area contributed by atoms with Crippen molar-refractivity contribution >= 4 is 6.03 Å². The molecular weight excluding hydrogens is 218 g/mol. The first-order chi connectivity index (χ1) is 8.13. The van der Waals surface area contributed by atoms with Crippen LogP contribution < -0.4 is 5.48 Å². The maximum absolute atomic E-state index is 11.8. The second kappa shape index (κ2) is 5.23. The van der Waals surface area contributed by atoms with E-state index in [1.54, 1.807) is 0 Å². The first kappa shape index (κ1) is 12.6. The monoisotopic (exact) mass is 241 g/mol. The molecule has 2 aliphatic heterocycles. The van der Waals surface area contributed by atoms with Gasteiger partial charge in [-0.15, -0.1) is 0 Å². The molecule has 0 aromatic rings. The van der Waals surface area contributed by atoms with Crippen molar-refractivity contribution in [2.45, 2.75) is 51.2 Å². The third-order valence-corrected chi connectivity index (χ3v) is 3.91. The summed E-state index contributed by atoms with van der Waals surface area (Å²) >= 11 is 0. The molecule has 2 amide bonds. The van der Waals surface area contributed by atoms with Gasteiger partial charge in [-0.05, 0) is 33.1 Å². The lowest BCUT2D eigenvalue weighted by Gasteiger charge is -2.32. The Kier molecular flexibility index (Phi) is 3.89. The maximum Gasteiger partial charge on any atom is 0.341 e. The van der Waals surface area contributed by atoms with E-state index < -0.39 is 0 Å². The summed E-state index contributed by atoms with van der Waals surface area (Å²) in [5.74, 6) is 0.